The quantitative estimate of drug-likeness (QED) is 0.244. The Bertz CT molecular complexity index is 772. The van der Waals surface area contributed by atoms with Gasteiger partial charge in [0.25, 0.3) is 0 Å². The van der Waals surface area contributed by atoms with Crippen LogP contribution in [0.3, 0.4) is 0 Å². The molecule has 0 fully saturated rings. The van der Waals surface area contributed by atoms with Crippen molar-refractivity contribution in [1.29, 1.82) is 0 Å². The number of Topliss-reactive ketones (excluding diaryl/α,β-unsaturated/α-hetero) is 1. The minimum absolute atomic E-state index is 0.118. The van der Waals surface area contributed by atoms with E-state index in [0.717, 1.165) is 10.2 Å². The Morgan fingerprint density at radius 3 is 2.46 bits per heavy atom. The zero-order chi connectivity index (χ0) is 17.5. The van der Waals surface area contributed by atoms with Crippen LogP contribution in [0.15, 0.2) is 64.8 Å². The van der Waals surface area contributed by atoms with Gasteiger partial charge >= 0.3 is 5.97 Å². The van der Waals surface area contributed by atoms with E-state index in [0.29, 0.717) is 0 Å². The van der Waals surface area contributed by atoms with E-state index in [1.54, 1.807) is 31.2 Å². The first-order valence-electron chi connectivity index (χ1n) is 7.21. The number of esters is 1. The maximum absolute atomic E-state index is 12.7. The topological polar surface area (TPSA) is 55.4 Å². The molecule has 0 unspecified atom stereocenters. The summed E-state index contributed by atoms with van der Waals surface area (Å²) in [7, 11) is 0. The molecule has 0 aromatic heterocycles. The zero-order valence-electron chi connectivity index (χ0n) is 12.9. The van der Waals surface area contributed by atoms with Crippen molar-refractivity contribution in [2.45, 2.75) is 6.92 Å². The van der Waals surface area contributed by atoms with Crippen molar-refractivity contribution in [2.75, 3.05) is 11.9 Å². The number of nitrogens with one attached hydrogen (secondary N) is 1. The average molecular weight is 409 g/mol. The predicted octanol–water partition coefficient (Wildman–Crippen LogP) is 4.84. The van der Waals surface area contributed by atoms with Gasteiger partial charge in [-0.2, -0.15) is 0 Å². The van der Waals surface area contributed by atoms with Crippen LogP contribution < -0.4 is 5.32 Å². The maximum atomic E-state index is 12.7. The third kappa shape index (κ3) is 4.69. The molecule has 0 amide bonds. The van der Waals surface area contributed by atoms with E-state index < -0.39 is 11.8 Å². The molecular formula is C18H15BrClNO3. The van der Waals surface area contributed by atoms with Crippen LogP contribution in [-0.2, 0) is 9.53 Å². The SMILES string of the molecule is CCOC(=O)/C(=C/Nc1ccc(Br)cc1)C(=O)c1ccccc1Cl. The molecule has 0 aliphatic carbocycles. The van der Waals surface area contributed by atoms with E-state index in [1.165, 1.54) is 6.20 Å². The molecule has 124 valence electrons. The van der Waals surface area contributed by atoms with Crippen molar-refractivity contribution in [3.8, 4) is 0 Å². The third-order valence-corrected chi connectivity index (χ3v) is 3.94. The summed E-state index contributed by atoms with van der Waals surface area (Å²) in [4.78, 5) is 24.8. The first kappa shape index (κ1) is 18.2. The molecule has 0 spiro atoms. The maximum Gasteiger partial charge on any atom is 0.343 e. The van der Waals surface area contributed by atoms with Crippen LogP contribution in [0.25, 0.3) is 0 Å². The number of carbonyl (C=O) groups is 2. The molecule has 2 aromatic rings. The lowest BCUT2D eigenvalue weighted by Crippen LogP contribution is -2.18. The van der Waals surface area contributed by atoms with Gasteiger partial charge < -0.3 is 10.1 Å². The highest BCUT2D eigenvalue weighted by Gasteiger charge is 2.22. The number of halogens is 2. The summed E-state index contributed by atoms with van der Waals surface area (Å²) in [5.41, 5.74) is 0.857. The average Bonchev–Trinajstić information content (AvgIpc) is 2.57. The van der Waals surface area contributed by atoms with Crippen molar-refractivity contribution in [2.24, 2.45) is 0 Å². The Morgan fingerprint density at radius 1 is 1.17 bits per heavy atom. The Hall–Kier alpha value is -2.11. The van der Waals surface area contributed by atoms with Crippen LogP contribution in [0.5, 0.6) is 0 Å². The van der Waals surface area contributed by atoms with Gasteiger partial charge in [0, 0.05) is 21.9 Å². The summed E-state index contributed by atoms with van der Waals surface area (Å²) in [6, 6.07) is 13.9. The van der Waals surface area contributed by atoms with Crippen molar-refractivity contribution in [1.82, 2.24) is 0 Å². The van der Waals surface area contributed by atoms with Crippen LogP contribution in [-0.4, -0.2) is 18.4 Å². The van der Waals surface area contributed by atoms with E-state index >= 15 is 0 Å². The first-order valence-corrected chi connectivity index (χ1v) is 8.38. The normalized spacial score (nSPS) is 11.0. The van der Waals surface area contributed by atoms with Crippen LogP contribution in [0.2, 0.25) is 5.02 Å². The second-order valence-corrected chi connectivity index (χ2v) is 6.06. The Labute approximate surface area is 153 Å². The molecule has 6 heteroatoms. The lowest BCUT2D eigenvalue weighted by molar-refractivity contribution is -0.138. The van der Waals surface area contributed by atoms with Crippen LogP contribution in [0, 0.1) is 0 Å². The molecule has 0 saturated carbocycles. The van der Waals surface area contributed by atoms with Gasteiger partial charge in [-0.3, -0.25) is 4.79 Å². The van der Waals surface area contributed by atoms with Gasteiger partial charge in [0.05, 0.1) is 11.6 Å². The molecule has 24 heavy (non-hydrogen) atoms. The van der Waals surface area contributed by atoms with Crippen LogP contribution >= 0.6 is 27.5 Å². The number of ether oxygens (including phenoxy) is 1. The number of hydrogen-bond acceptors (Lipinski definition) is 4. The van der Waals surface area contributed by atoms with E-state index in [9.17, 15) is 9.59 Å². The third-order valence-electron chi connectivity index (χ3n) is 3.09. The molecule has 4 nitrogen and oxygen atoms in total. The lowest BCUT2D eigenvalue weighted by Gasteiger charge is -2.09. The molecule has 0 heterocycles. The summed E-state index contributed by atoms with van der Waals surface area (Å²) in [5, 5.41) is 3.21. The van der Waals surface area contributed by atoms with Crippen molar-refractivity contribution in [3.63, 3.8) is 0 Å². The molecule has 0 aliphatic rings. The molecule has 1 N–H and O–H groups in total. The van der Waals surface area contributed by atoms with Gasteiger partial charge in [-0.15, -0.1) is 0 Å². The van der Waals surface area contributed by atoms with E-state index in [4.69, 9.17) is 16.3 Å². The number of hydrogen-bond donors (Lipinski definition) is 1. The fourth-order valence-electron chi connectivity index (χ4n) is 1.92. The van der Waals surface area contributed by atoms with E-state index in [2.05, 4.69) is 21.2 Å². The molecule has 2 rings (SSSR count). The zero-order valence-corrected chi connectivity index (χ0v) is 15.2. The molecule has 0 bridgehead atoms. The molecular weight excluding hydrogens is 394 g/mol. The second kappa shape index (κ2) is 8.66. The summed E-state index contributed by atoms with van der Waals surface area (Å²) >= 11 is 9.40. The van der Waals surface area contributed by atoms with Crippen molar-refractivity contribution < 1.29 is 14.3 Å². The van der Waals surface area contributed by atoms with Gasteiger partial charge in [0.15, 0.2) is 0 Å². The van der Waals surface area contributed by atoms with Gasteiger partial charge in [0.2, 0.25) is 5.78 Å². The monoisotopic (exact) mass is 407 g/mol. The number of benzene rings is 2. The predicted molar refractivity (Wildman–Crippen MR) is 98.3 cm³/mol. The van der Waals surface area contributed by atoms with Crippen molar-refractivity contribution >= 4 is 45.0 Å². The van der Waals surface area contributed by atoms with E-state index in [1.807, 2.05) is 24.3 Å². The van der Waals surface area contributed by atoms with Crippen LogP contribution in [0.1, 0.15) is 17.3 Å². The second-order valence-electron chi connectivity index (χ2n) is 4.74. The van der Waals surface area contributed by atoms with Gasteiger partial charge in [-0.25, -0.2) is 4.79 Å². The number of anilines is 1. The number of carbonyl (C=O) groups excluding carboxylic acids is 2. The highest BCUT2D eigenvalue weighted by molar-refractivity contribution is 9.10. The fourth-order valence-corrected chi connectivity index (χ4v) is 2.40. The Kier molecular flexibility index (Phi) is 6.58. The lowest BCUT2D eigenvalue weighted by atomic mass is 10.0. The molecule has 0 saturated heterocycles. The minimum Gasteiger partial charge on any atom is -0.462 e. The van der Waals surface area contributed by atoms with Crippen molar-refractivity contribution in [3.05, 3.63) is 75.4 Å². The minimum atomic E-state index is -0.702. The summed E-state index contributed by atoms with van der Waals surface area (Å²) < 4.78 is 5.90. The standard InChI is InChI=1S/C18H15BrClNO3/c1-2-24-18(23)15(11-21-13-9-7-12(19)8-10-13)17(22)14-5-3-4-6-16(14)20/h3-11,21H,2H2,1H3/b15-11+. The smallest absolute Gasteiger partial charge is 0.343 e. The van der Waals surface area contributed by atoms with Gasteiger partial charge in [-0.1, -0.05) is 39.7 Å². The Morgan fingerprint density at radius 2 is 1.83 bits per heavy atom. The Balaban J connectivity index is 2.32. The summed E-state index contributed by atoms with van der Waals surface area (Å²) in [6.45, 7) is 1.85. The molecule has 2 aromatic carbocycles. The summed E-state index contributed by atoms with van der Waals surface area (Å²) in [6.07, 6.45) is 1.34. The van der Waals surface area contributed by atoms with Crippen LogP contribution in [0.4, 0.5) is 5.69 Å². The molecule has 0 atom stereocenters. The van der Waals surface area contributed by atoms with Gasteiger partial charge in [-0.05, 0) is 43.3 Å². The highest BCUT2D eigenvalue weighted by Crippen LogP contribution is 2.20. The van der Waals surface area contributed by atoms with E-state index in [-0.39, 0.29) is 22.8 Å². The van der Waals surface area contributed by atoms with Gasteiger partial charge in [0.1, 0.15) is 5.57 Å². The fraction of sp³-hybridized carbons (Fsp3) is 0.111. The first-order chi connectivity index (χ1) is 11.5. The summed E-state index contributed by atoms with van der Waals surface area (Å²) in [5.74, 6) is -1.20. The highest BCUT2D eigenvalue weighted by atomic mass is 79.9. The number of ketones is 1. The largest absolute Gasteiger partial charge is 0.462 e. The molecule has 0 aliphatic heterocycles. The number of rotatable bonds is 6. The molecule has 0 radical (unpaired) electrons.